The number of carbonyl (C=O) groups is 1. The molecule has 2 heterocycles. The maximum absolute atomic E-state index is 12.8. The zero-order valence-electron chi connectivity index (χ0n) is 14.5. The Balaban J connectivity index is 1.60. The lowest BCUT2D eigenvalue weighted by Gasteiger charge is -2.35. The van der Waals surface area contributed by atoms with Crippen molar-refractivity contribution in [2.45, 2.75) is 70.6 Å². The first-order chi connectivity index (χ1) is 11.0. The molecule has 0 aromatic carbocycles. The summed E-state index contributed by atoms with van der Waals surface area (Å²) in [6.45, 7) is 7.43. The molecule has 3 N–H and O–H groups in total. The molecule has 6 nitrogen and oxygen atoms in total. The fourth-order valence-electron chi connectivity index (χ4n) is 4.94. The van der Waals surface area contributed by atoms with Crippen LogP contribution in [0.3, 0.4) is 0 Å². The van der Waals surface area contributed by atoms with Crippen molar-refractivity contribution in [2.75, 3.05) is 19.6 Å². The van der Waals surface area contributed by atoms with Crippen LogP contribution in [0.5, 0.6) is 0 Å². The molecule has 0 radical (unpaired) electrons. The van der Waals surface area contributed by atoms with Crippen molar-refractivity contribution >= 4 is 5.78 Å². The van der Waals surface area contributed by atoms with Crippen molar-refractivity contribution in [3.05, 3.63) is 5.21 Å². The first-order valence-electron chi connectivity index (χ1n) is 9.31. The minimum absolute atomic E-state index is 0.0281. The molecule has 7 unspecified atom stereocenters. The second-order valence-electron chi connectivity index (χ2n) is 8.16. The van der Waals surface area contributed by atoms with Gasteiger partial charge in [-0.05, 0) is 32.1 Å². The number of ketones is 1. The summed E-state index contributed by atoms with van der Waals surface area (Å²) >= 11 is 0. The molecule has 132 valence electrons. The van der Waals surface area contributed by atoms with Gasteiger partial charge in [-0.1, -0.05) is 6.92 Å². The van der Waals surface area contributed by atoms with Crippen LogP contribution < -0.4 is 10.1 Å². The number of rotatable bonds is 4. The third-order valence-corrected chi connectivity index (χ3v) is 6.40. The fraction of sp³-hybridized carbons (Fsp3) is 0.941. The minimum atomic E-state index is -0.725. The molecular weight excluding hydrogens is 294 g/mol. The smallest absolute Gasteiger partial charge is 0.190 e. The van der Waals surface area contributed by atoms with Crippen LogP contribution in [0, 0.1) is 17.0 Å². The van der Waals surface area contributed by atoms with E-state index in [1.165, 1.54) is 24.3 Å². The van der Waals surface area contributed by atoms with Gasteiger partial charge in [-0.25, -0.2) is 15.3 Å². The van der Waals surface area contributed by atoms with Gasteiger partial charge in [0.2, 0.25) is 0 Å². The molecule has 1 aliphatic carbocycles. The monoisotopic (exact) mass is 326 g/mol. The van der Waals surface area contributed by atoms with Crippen LogP contribution >= 0.6 is 0 Å². The number of nitrogens with zero attached hydrogens (tertiary/aromatic N) is 1. The van der Waals surface area contributed by atoms with Crippen LogP contribution in [-0.4, -0.2) is 53.8 Å². The van der Waals surface area contributed by atoms with E-state index in [2.05, 4.69) is 18.7 Å². The van der Waals surface area contributed by atoms with E-state index >= 15 is 0 Å². The molecule has 7 atom stereocenters. The molecule has 1 saturated carbocycles. The molecule has 0 bridgehead atoms. The molecule has 2 aliphatic heterocycles. The molecule has 0 amide bonds. The highest BCUT2D eigenvalue weighted by atomic mass is 16.8. The summed E-state index contributed by atoms with van der Waals surface area (Å²) in [4.78, 5) is 16.8. The van der Waals surface area contributed by atoms with Crippen molar-refractivity contribution in [3.8, 4) is 0 Å². The Morgan fingerprint density at radius 1 is 1.30 bits per heavy atom. The third-order valence-electron chi connectivity index (χ3n) is 6.40. The van der Waals surface area contributed by atoms with E-state index in [1.54, 1.807) is 0 Å². The number of hydrogen-bond donors (Lipinski definition) is 3. The maximum Gasteiger partial charge on any atom is 0.190 e. The van der Waals surface area contributed by atoms with Crippen LogP contribution in [0.25, 0.3) is 0 Å². The topological polar surface area (TPSA) is 72.5 Å². The first kappa shape index (κ1) is 17.3. The molecule has 3 aliphatic rings. The van der Waals surface area contributed by atoms with Gasteiger partial charge in [-0.3, -0.25) is 4.79 Å². The summed E-state index contributed by atoms with van der Waals surface area (Å²) in [5.74, 6) is 1.02. The van der Waals surface area contributed by atoms with Crippen LogP contribution in [-0.2, 0) is 4.79 Å². The maximum atomic E-state index is 12.8. The highest BCUT2D eigenvalue weighted by molar-refractivity contribution is 5.82. The molecule has 3 fully saturated rings. The second kappa shape index (κ2) is 7.15. The van der Waals surface area contributed by atoms with E-state index in [1.807, 2.05) is 0 Å². The highest BCUT2D eigenvalue weighted by Crippen LogP contribution is 2.25. The van der Waals surface area contributed by atoms with Gasteiger partial charge in [0.25, 0.3) is 0 Å². The van der Waals surface area contributed by atoms with Gasteiger partial charge in [-0.2, -0.15) is 0 Å². The lowest BCUT2D eigenvalue weighted by Crippen LogP contribution is -3.18. The molecule has 0 aromatic rings. The van der Waals surface area contributed by atoms with E-state index in [9.17, 15) is 15.2 Å². The number of fused-ring (bicyclic) bond motifs is 1. The Morgan fingerprint density at radius 3 is 2.83 bits per heavy atom. The second-order valence-corrected chi connectivity index (χ2v) is 8.16. The number of hydrogen-bond acceptors (Lipinski definition) is 4. The van der Waals surface area contributed by atoms with Crippen LogP contribution in [0.1, 0.15) is 52.4 Å². The Labute approximate surface area is 138 Å². The summed E-state index contributed by atoms with van der Waals surface area (Å²) in [5.41, 5.74) is 0. The van der Waals surface area contributed by atoms with Gasteiger partial charge in [0.15, 0.2) is 5.78 Å². The molecule has 23 heavy (non-hydrogen) atoms. The van der Waals surface area contributed by atoms with Crippen molar-refractivity contribution in [2.24, 2.45) is 11.8 Å². The van der Waals surface area contributed by atoms with Gasteiger partial charge >= 0.3 is 0 Å². The summed E-state index contributed by atoms with van der Waals surface area (Å²) in [7, 11) is 0. The Morgan fingerprint density at radius 2 is 2.09 bits per heavy atom. The number of nitrogens with one attached hydrogen (secondary N) is 2. The Hall–Kier alpha value is -0.530. The molecule has 2 saturated heterocycles. The molecule has 0 aromatic heterocycles. The van der Waals surface area contributed by atoms with Gasteiger partial charge in [-0.15, -0.1) is 0 Å². The quantitative estimate of drug-likeness (QED) is 0.594. The van der Waals surface area contributed by atoms with E-state index in [4.69, 9.17) is 0 Å². The summed E-state index contributed by atoms with van der Waals surface area (Å²) in [6, 6.07) is 0.197. The van der Waals surface area contributed by atoms with E-state index in [0.29, 0.717) is 31.0 Å². The minimum Gasteiger partial charge on any atom is -0.600 e. The lowest BCUT2D eigenvalue weighted by atomic mass is 9.83. The molecular formula is C17H32N3O3+. The molecule has 0 spiro atoms. The van der Waals surface area contributed by atoms with Crippen LogP contribution in [0.4, 0.5) is 0 Å². The van der Waals surface area contributed by atoms with Gasteiger partial charge in [0, 0.05) is 31.7 Å². The standard InChI is InChI=1S/C17H31N3O3/c1-12-6-7-18-10-13(2)19(17(18)8-12)11-16(21)14-4-3-5-15(9-14)20(22)23/h12-15,17,20,22H,3-11H2,1-2H3/p+1. The van der Waals surface area contributed by atoms with Crippen LogP contribution in [0.15, 0.2) is 0 Å². The van der Waals surface area contributed by atoms with E-state index in [-0.39, 0.29) is 12.0 Å². The van der Waals surface area contributed by atoms with Crippen molar-refractivity contribution < 1.29 is 20.1 Å². The average Bonchev–Trinajstić information content (AvgIpc) is 2.83. The SMILES string of the molecule is CC1CCN2CC(C)[NH+](CC(=O)C3CCCC([NH+]([O-])O)C3)C2C1. The average molecular weight is 326 g/mol. The highest BCUT2D eigenvalue weighted by Gasteiger charge is 2.45. The zero-order chi connectivity index (χ0) is 16.6. The molecule has 6 heteroatoms. The van der Waals surface area contributed by atoms with Crippen molar-refractivity contribution in [3.63, 3.8) is 0 Å². The van der Waals surface area contributed by atoms with E-state index in [0.717, 1.165) is 31.7 Å². The van der Waals surface area contributed by atoms with Crippen molar-refractivity contribution in [1.82, 2.24) is 4.90 Å². The molecule has 3 rings (SSSR count). The predicted molar refractivity (Wildman–Crippen MR) is 85.9 cm³/mol. The third kappa shape index (κ3) is 3.77. The van der Waals surface area contributed by atoms with Crippen molar-refractivity contribution in [1.29, 1.82) is 0 Å². The number of Topliss-reactive ketones (excluding diaryl/α,β-unsaturated/α-hetero) is 1. The van der Waals surface area contributed by atoms with Gasteiger partial charge < -0.3 is 10.1 Å². The Kier molecular flexibility index (Phi) is 5.38. The Bertz CT molecular complexity index is 431. The first-order valence-corrected chi connectivity index (χ1v) is 9.31. The van der Waals surface area contributed by atoms with E-state index < -0.39 is 5.23 Å². The number of piperidine rings is 1. The number of quaternary nitrogens is 2. The van der Waals surface area contributed by atoms with Gasteiger partial charge in [0.05, 0.1) is 12.6 Å². The normalized spacial score (nSPS) is 43.1. The zero-order valence-corrected chi connectivity index (χ0v) is 14.5. The number of hydroxylamine groups is 2. The predicted octanol–water partition coefficient (Wildman–Crippen LogP) is -0.769. The summed E-state index contributed by atoms with van der Waals surface area (Å²) in [5, 5.41) is 19.7. The largest absolute Gasteiger partial charge is 0.600 e. The summed E-state index contributed by atoms with van der Waals surface area (Å²) < 4.78 is 0. The summed E-state index contributed by atoms with van der Waals surface area (Å²) in [6.07, 6.45) is 6.01. The van der Waals surface area contributed by atoms with Gasteiger partial charge in [0.1, 0.15) is 18.8 Å². The fourth-order valence-corrected chi connectivity index (χ4v) is 4.94. The number of carbonyl (C=O) groups excluding carboxylic acids is 1. The lowest BCUT2D eigenvalue weighted by molar-refractivity contribution is -1.07. The van der Waals surface area contributed by atoms with Crippen LogP contribution in [0.2, 0.25) is 0 Å².